The Morgan fingerprint density at radius 3 is 2.62 bits per heavy atom. The summed E-state index contributed by atoms with van der Waals surface area (Å²) in [5, 5.41) is 12.6. The predicted octanol–water partition coefficient (Wildman–Crippen LogP) is 5.41. The van der Waals surface area contributed by atoms with E-state index >= 15 is 0 Å². The van der Waals surface area contributed by atoms with Crippen LogP contribution in [0.2, 0.25) is 5.02 Å². The van der Waals surface area contributed by atoms with Crippen LogP contribution in [-0.4, -0.2) is 45.5 Å². The fourth-order valence-corrected chi connectivity index (χ4v) is 5.82. The summed E-state index contributed by atoms with van der Waals surface area (Å²) in [6.45, 7) is 4.81. The van der Waals surface area contributed by atoms with Crippen LogP contribution in [0, 0.1) is 11.3 Å². The molecule has 1 aliphatic heterocycles. The van der Waals surface area contributed by atoms with Crippen LogP contribution in [0.1, 0.15) is 70.5 Å². The Hall–Kier alpha value is -4.65. The summed E-state index contributed by atoms with van der Waals surface area (Å²) < 4.78 is 8.27. The SMILES string of the molecule is CCCCN(Cc1cncn1Cc1ccc(C#N)cc1)[C@H]1CCOc2c(C(=O)N[C@@H](Cc3ccc(Cl)cc3)C(N)=O)cccc21. The summed E-state index contributed by atoms with van der Waals surface area (Å²) >= 11 is 6.00. The number of carbonyl (C=O) groups excluding carboxylic acids is 2. The lowest BCUT2D eigenvalue weighted by molar-refractivity contribution is -0.119. The number of hydrogen-bond donors (Lipinski definition) is 2. The predicted molar refractivity (Wildman–Crippen MR) is 173 cm³/mol. The smallest absolute Gasteiger partial charge is 0.255 e. The second-order valence-electron chi connectivity index (χ2n) is 11.3. The molecular weight excluding hydrogens is 588 g/mol. The maximum atomic E-state index is 13.6. The fraction of sp³-hybridized carbons (Fsp3) is 0.314. The molecule has 5 rings (SSSR count). The first-order chi connectivity index (χ1) is 21.9. The zero-order chi connectivity index (χ0) is 31.8. The van der Waals surface area contributed by atoms with Crippen molar-refractivity contribution in [2.24, 2.45) is 5.73 Å². The Bertz CT molecular complexity index is 1660. The van der Waals surface area contributed by atoms with E-state index in [9.17, 15) is 9.59 Å². The number of imidazole rings is 1. The van der Waals surface area contributed by atoms with Gasteiger partial charge in [-0.25, -0.2) is 4.98 Å². The average molecular weight is 625 g/mol. The maximum absolute atomic E-state index is 13.6. The number of nitrogens with zero attached hydrogens (tertiary/aromatic N) is 4. The highest BCUT2D eigenvalue weighted by molar-refractivity contribution is 6.30. The number of benzene rings is 3. The van der Waals surface area contributed by atoms with E-state index in [1.54, 1.807) is 18.2 Å². The van der Waals surface area contributed by atoms with E-state index in [0.29, 0.717) is 41.6 Å². The van der Waals surface area contributed by atoms with Gasteiger partial charge in [0.05, 0.1) is 35.8 Å². The van der Waals surface area contributed by atoms with Gasteiger partial charge in [-0.1, -0.05) is 61.3 Å². The van der Waals surface area contributed by atoms with E-state index in [4.69, 9.17) is 27.3 Å². The van der Waals surface area contributed by atoms with Crippen molar-refractivity contribution in [3.8, 4) is 11.8 Å². The zero-order valence-electron chi connectivity index (χ0n) is 25.3. The van der Waals surface area contributed by atoms with E-state index in [0.717, 1.165) is 48.2 Å². The number of aromatic nitrogens is 2. The molecule has 0 saturated heterocycles. The molecule has 0 fully saturated rings. The van der Waals surface area contributed by atoms with Gasteiger partial charge in [0.1, 0.15) is 11.8 Å². The molecule has 0 bridgehead atoms. The molecule has 10 heteroatoms. The van der Waals surface area contributed by atoms with Crippen molar-refractivity contribution in [3.05, 3.63) is 118 Å². The average Bonchev–Trinajstić information content (AvgIpc) is 3.49. The van der Waals surface area contributed by atoms with Crippen LogP contribution in [0.15, 0.2) is 79.3 Å². The number of nitrogens with one attached hydrogen (secondary N) is 1. The van der Waals surface area contributed by atoms with Crippen molar-refractivity contribution in [3.63, 3.8) is 0 Å². The third-order valence-corrected chi connectivity index (χ3v) is 8.38. The molecule has 232 valence electrons. The van der Waals surface area contributed by atoms with Gasteiger partial charge in [-0.3, -0.25) is 14.5 Å². The Kier molecular flexibility index (Phi) is 10.5. The Labute approximate surface area is 268 Å². The van der Waals surface area contributed by atoms with Gasteiger partial charge in [0.25, 0.3) is 5.91 Å². The van der Waals surface area contributed by atoms with Crippen LogP contribution >= 0.6 is 11.6 Å². The molecule has 45 heavy (non-hydrogen) atoms. The molecule has 1 aliphatic rings. The molecule has 2 amide bonds. The highest BCUT2D eigenvalue weighted by atomic mass is 35.5. The minimum absolute atomic E-state index is 0.0207. The van der Waals surface area contributed by atoms with Gasteiger partial charge in [-0.15, -0.1) is 0 Å². The Morgan fingerprint density at radius 1 is 1.16 bits per heavy atom. The lowest BCUT2D eigenvalue weighted by Gasteiger charge is -2.36. The van der Waals surface area contributed by atoms with Crippen molar-refractivity contribution in [1.82, 2.24) is 19.8 Å². The van der Waals surface area contributed by atoms with Crippen molar-refractivity contribution >= 4 is 23.4 Å². The van der Waals surface area contributed by atoms with E-state index < -0.39 is 17.9 Å². The minimum atomic E-state index is -0.897. The fourth-order valence-electron chi connectivity index (χ4n) is 5.70. The summed E-state index contributed by atoms with van der Waals surface area (Å²) in [5.74, 6) is -0.496. The lowest BCUT2D eigenvalue weighted by Crippen LogP contribution is -2.46. The summed E-state index contributed by atoms with van der Waals surface area (Å²) in [6, 6.07) is 21.6. The summed E-state index contributed by atoms with van der Waals surface area (Å²) in [5.41, 5.74) is 10.6. The first-order valence-corrected chi connectivity index (χ1v) is 15.6. The van der Waals surface area contributed by atoms with Gasteiger partial charge in [-0.05, 0) is 54.4 Å². The van der Waals surface area contributed by atoms with Gasteiger partial charge in [-0.2, -0.15) is 5.26 Å². The van der Waals surface area contributed by atoms with Crippen LogP contribution in [0.25, 0.3) is 0 Å². The van der Waals surface area contributed by atoms with Gasteiger partial charge in [0.15, 0.2) is 0 Å². The quantitative estimate of drug-likeness (QED) is 0.205. The van der Waals surface area contributed by atoms with Crippen molar-refractivity contribution < 1.29 is 14.3 Å². The zero-order valence-corrected chi connectivity index (χ0v) is 26.0. The highest BCUT2D eigenvalue weighted by Gasteiger charge is 2.31. The first-order valence-electron chi connectivity index (χ1n) is 15.2. The van der Waals surface area contributed by atoms with Gasteiger partial charge < -0.3 is 20.4 Å². The second-order valence-corrected chi connectivity index (χ2v) is 11.7. The molecule has 0 spiro atoms. The second kappa shape index (κ2) is 14.9. The molecule has 1 aromatic heterocycles. The number of rotatable bonds is 13. The van der Waals surface area contributed by atoms with Crippen LogP contribution in [0.4, 0.5) is 0 Å². The van der Waals surface area contributed by atoms with Crippen molar-refractivity contribution in [1.29, 1.82) is 5.26 Å². The van der Waals surface area contributed by atoms with Gasteiger partial charge in [0, 0.05) is 48.8 Å². The monoisotopic (exact) mass is 624 g/mol. The van der Waals surface area contributed by atoms with Crippen molar-refractivity contribution in [2.45, 2.75) is 57.8 Å². The summed E-state index contributed by atoms with van der Waals surface area (Å²) in [4.78, 5) is 32.8. The molecule has 2 heterocycles. The Morgan fingerprint density at radius 2 is 1.91 bits per heavy atom. The summed E-state index contributed by atoms with van der Waals surface area (Å²) in [6.07, 6.45) is 6.81. The molecular formula is C35H37ClN6O3. The standard InChI is InChI=1S/C35H37ClN6O3/c1-2-3-16-41(22-28-20-39-23-42(28)21-26-9-7-25(19-37)8-10-26)32-15-17-45-33-29(32)5-4-6-30(33)35(44)40-31(34(38)43)18-24-11-13-27(36)14-12-24/h4-14,20,23,31-32H,2-3,15-18,21-22H2,1H3,(H2,38,43)(H,40,44)/t31-,32-/m0/s1. The number of carbonyl (C=O) groups is 2. The summed E-state index contributed by atoms with van der Waals surface area (Å²) in [7, 11) is 0. The number of ether oxygens (including phenoxy) is 1. The highest BCUT2D eigenvalue weighted by Crippen LogP contribution is 2.39. The third-order valence-electron chi connectivity index (χ3n) is 8.13. The number of nitriles is 1. The number of hydrogen-bond acceptors (Lipinski definition) is 6. The van der Waals surface area contributed by atoms with E-state index in [-0.39, 0.29) is 12.5 Å². The van der Waals surface area contributed by atoms with E-state index in [1.165, 1.54) is 0 Å². The third kappa shape index (κ3) is 7.90. The molecule has 3 aromatic carbocycles. The molecule has 0 radical (unpaired) electrons. The van der Waals surface area contributed by atoms with Crippen LogP contribution < -0.4 is 15.8 Å². The normalized spacial score (nSPS) is 14.7. The first kappa shape index (κ1) is 31.8. The molecule has 3 N–H and O–H groups in total. The molecule has 0 unspecified atom stereocenters. The number of halogens is 1. The van der Waals surface area contributed by atoms with Crippen LogP contribution in [0.3, 0.4) is 0 Å². The number of para-hydroxylation sites is 1. The maximum Gasteiger partial charge on any atom is 0.255 e. The molecule has 2 atom stereocenters. The lowest BCUT2D eigenvalue weighted by atomic mass is 9.95. The molecule has 9 nitrogen and oxygen atoms in total. The molecule has 4 aromatic rings. The largest absolute Gasteiger partial charge is 0.492 e. The molecule has 0 saturated carbocycles. The van der Waals surface area contributed by atoms with E-state index in [2.05, 4.69) is 32.8 Å². The topological polar surface area (TPSA) is 126 Å². The van der Waals surface area contributed by atoms with Crippen LogP contribution in [0.5, 0.6) is 5.75 Å². The van der Waals surface area contributed by atoms with Crippen molar-refractivity contribution in [2.75, 3.05) is 13.2 Å². The number of unbranched alkanes of at least 4 members (excludes halogenated alkanes) is 1. The van der Waals surface area contributed by atoms with Crippen LogP contribution in [-0.2, 0) is 24.3 Å². The molecule has 0 aliphatic carbocycles. The minimum Gasteiger partial charge on any atom is -0.492 e. The van der Waals surface area contributed by atoms with Gasteiger partial charge >= 0.3 is 0 Å². The van der Waals surface area contributed by atoms with E-state index in [1.807, 2.05) is 61.1 Å². The number of amides is 2. The number of nitrogens with two attached hydrogens (primary N) is 1. The Balaban J connectivity index is 1.36. The number of fused-ring (bicyclic) bond motifs is 1. The number of primary amides is 1. The van der Waals surface area contributed by atoms with Gasteiger partial charge in [0.2, 0.25) is 5.91 Å².